The average molecular weight is 277 g/mol. The highest BCUT2D eigenvalue weighted by Crippen LogP contribution is 2.18. The number of carbonyl (C=O) groups excluding carboxylic acids is 1. The molecule has 0 aliphatic rings. The summed E-state index contributed by atoms with van der Waals surface area (Å²) < 4.78 is 23.8. The normalized spacial score (nSPS) is 13.3. The third kappa shape index (κ3) is 5.24. The Kier molecular flexibility index (Phi) is 5.03. The minimum absolute atomic E-state index is 0.163. The Bertz CT molecular complexity index is 456. The minimum Gasteiger partial charge on any atom is -0.346 e. The van der Waals surface area contributed by atoms with E-state index in [0.717, 1.165) is 11.3 Å². The van der Waals surface area contributed by atoms with E-state index < -0.39 is 10.0 Å². The Morgan fingerprint density at radius 1 is 1.59 bits per heavy atom. The molecule has 8 heteroatoms. The van der Waals surface area contributed by atoms with Gasteiger partial charge in [-0.1, -0.05) is 6.92 Å². The smallest absolute Gasteiger partial charge is 0.235 e. The van der Waals surface area contributed by atoms with Gasteiger partial charge in [0.15, 0.2) is 0 Å². The molecule has 0 aliphatic carbocycles. The lowest BCUT2D eigenvalue weighted by molar-refractivity contribution is -0.120. The summed E-state index contributed by atoms with van der Waals surface area (Å²) >= 11 is 1.46. The number of hydrogen-bond donors (Lipinski definition) is 2. The molecule has 1 atom stereocenters. The fraction of sp³-hybridized carbons (Fsp3) is 0.556. The van der Waals surface area contributed by atoms with Crippen molar-refractivity contribution in [1.82, 2.24) is 15.0 Å². The van der Waals surface area contributed by atoms with Crippen molar-refractivity contribution in [2.24, 2.45) is 0 Å². The van der Waals surface area contributed by atoms with Crippen molar-refractivity contribution in [2.75, 3.05) is 12.8 Å². The molecule has 0 unspecified atom stereocenters. The van der Waals surface area contributed by atoms with Crippen molar-refractivity contribution in [3.05, 3.63) is 16.6 Å². The van der Waals surface area contributed by atoms with Gasteiger partial charge in [-0.05, 0) is 6.42 Å². The van der Waals surface area contributed by atoms with Crippen molar-refractivity contribution in [3.8, 4) is 0 Å². The molecule has 2 N–H and O–H groups in total. The number of sulfonamides is 1. The van der Waals surface area contributed by atoms with E-state index in [9.17, 15) is 13.2 Å². The predicted octanol–water partition coefficient (Wildman–Crippen LogP) is 0.260. The fourth-order valence-corrected chi connectivity index (χ4v) is 2.35. The Morgan fingerprint density at radius 3 is 2.76 bits per heavy atom. The molecule has 1 aromatic heterocycles. The first-order valence-corrected chi connectivity index (χ1v) is 7.83. The summed E-state index contributed by atoms with van der Waals surface area (Å²) in [6.45, 7) is 1.68. The molecule has 17 heavy (non-hydrogen) atoms. The van der Waals surface area contributed by atoms with Gasteiger partial charge in [0.25, 0.3) is 0 Å². The molecule has 0 spiro atoms. The molecule has 0 fully saturated rings. The maximum atomic E-state index is 11.5. The molecular weight excluding hydrogens is 262 g/mol. The highest BCUT2D eigenvalue weighted by atomic mass is 32.2. The van der Waals surface area contributed by atoms with Crippen LogP contribution in [0.3, 0.4) is 0 Å². The van der Waals surface area contributed by atoms with E-state index in [4.69, 9.17) is 0 Å². The zero-order valence-electron chi connectivity index (χ0n) is 9.63. The van der Waals surface area contributed by atoms with Gasteiger partial charge in [0.1, 0.15) is 5.01 Å². The van der Waals surface area contributed by atoms with Gasteiger partial charge in [0.2, 0.25) is 15.9 Å². The number of rotatable bonds is 6. The summed E-state index contributed by atoms with van der Waals surface area (Å²) in [5.74, 6) is -0.363. The van der Waals surface area contributed by atoms with E-state index in [0.29, 0.717) is 6.42 Å². The Morgan fingerprint density at radius 2 is 2.29 bits per heavy atom. The fourth-order valence-electron chi connectivity index (χ4n) is 1.19. The van der Waals surface area contributed by atoms with E-state index >= 15 is 0 Å². The van der Waals surface area contributed by atoms with Gasteiger partial charge in [-0.15, -0.1) is 11.3 Å². The largest absolute Gasteiger partial charge is 0.346 e. The second kappa shape index (κ2) is 6.08. The molecule has 0 saturated carbocycles. The van der Waals surface area contributed by atoms with Gasteiger partial charge in [-0.25, -0.2) is 18.1 Å². The molecule has 6 nitrogen and oxygen atoms in total. The van der Waals surface area contributed by atoms with Crippen molar-refractivity contribution in [1.29, 1.82) is 0 Å². The van der Waals surface area contributed by atoms with Crippen molar-refractivity contribution >= 4 is 27.3 Å². The van der Waals surface area contributed by atoms with Crippen LogP contribution in [0.15, 0.2) is 11.6 Å². The molecule has 0 radical (unpaired) electrons. The van der Waals surface area contributed by atoms with Crippen LogP contribution in [0.1, 0.15) is 24.4 Å². The van der Waals surface area contributed by atoms with E-state index in [1.165, 1.54) is 11.3 Å². The zero-order chi connectivity index (χ0) is 12.9. The molecule has 0 aliphatic heterocycles. The number of nitrogens with one attached hydrogen (secondary N) is 2. The monoisotopic (exact) mass is 277 g/mol. The van der Waals surface area contributed by atoms with Crippen LogP contribution < -0.4 is 10.0 Å². The van der Waals surface area contributed by atoms with Gasteiger partial charge < -0.3 is 5.32 Å². The maximum absolute atomic E-state index is 11.5. The highest BCUT2D eigenvalue weighted by Gasteiger charge is 2.15. The predicted molar refractivity (Wildman–Crippen MR) is 66.1 cm³/mol. The average Bonchev–Trinajstić information content (AvgIpc) is 2.75. The summed E-state index contributed by atoms with van der Waals surface area (Å²) in [7, 11) is -3.34. The summed E-state index contributed by atoms with van der Waals surface area (Å²) in [6.07, 6.45) is 3.39. The lowest BCUT2D eigenvalue weighted by Gasteiger charge is -2.14. The zero-order valence-corrected chi connectivity index (χ0v) is 11.3. The third-order valence-electron chi connectivity index (χ3n) is 1.99. The first-order chi connectivity index (χ1) is 7.92. The topological polar surface area (TPSA) is 88.2 Å². The number of nitrogens with zero attached hydrogens (tertiary/aromatic N) is 1. The lowest BCUT2D eigenvalue weighted by atomic mass is 10.2. The van der Waals surface area contributed by atoms with E-state index in [1.807, 2.05) is 12.3 Å². The van der Waals surface area contributed by atoms with E-state index in [2.05, 4.69) is 15.0 Å². The second-order valence-electron chi connectivity index (χ2n) is 3.49. The number of carbonyl (C=O) groups is 1. The first-order valence-electron chi connectivity index (χ1n) is 5.05. The SMILES string of the molecule is CC[C@H](NC(=O)CNS(C)(=O)=O)c1nccs1. The van der Waals surface area contributed by atoms with Gasteiger partial charge in [0.05, 0.1) is 18.8 Å². The van der Waals surface area contributed by atoms with Crippen LogP contribution in [0.4, 0.5) is 0 Å². The van der Waals surface area contributed by atoms with Gasteiger partial charge >= 0.3 is 0 Å². The van der Waals surface area contributed by atoms with Crippen LogP contribution in [0.25, 0.3) is 0 Å². The molecule has 96 valence electrons. The van der Waals surface area contributed by atoms with Crippen LogP contribution in [-0.2, 0) is 14.8 Å². The highest BCUT2D eigenvalue weighted by molar-refractivity contribution is 7.88. The van der Waals surface area contributed by atoms with Crippen molar-refractivity contribution in [2.45, 2.75) is 19.4 Å². The summed E-state index contributed by atoms with van der Waals surface area (Å²) in [5.41, 5.74) is 0. The number of hydrogen-bond acceptors (Lipinski definition) is 5. The van der Waals surface area contributed by atoms with Gasteiger partial charge in [-0.2, -0.15) is 0 Å². The summed E-state index contributed by atoms with van der Waals surface area (Å²) in [4.78, 5) is 15.6. The summed E-state index contributed by atoms with van der Waals surface area (Å²) in [6, 6.07) is -0.163. The van der Waals surface area contributed by atoms with Crippen molar-refractivity contribution in [3.63, 3.8) is 0 Å². The molecule has 1 amide bonds. The molecule has 0 bridgehead atoms. The first kappa shape index (κ1) is 14.1. The standard InChI is InChI=1S/C9H15N3O3S2/c1-3-7(9-10-4-5-16-9)12-8(13)6-11-17(2,14)15/h4-5,7,11H,3,6H2,1-2H3,(H,12,13)/t7-/m0/s1. The van der Waals surface area contributed by atoms with Crippen LogP contribution in [0.5, 0.6) is 0 Å². The van der Waals surface area contributed by atoms with E-state index in [1.54, 1.807) is 6.20 Å². The van der Waals surface area contributed by atoms with E-state index in [-0.39, 0.29) is 18.5 Å². The molecule has 1 aromatic rings. The van der Waals surface area contributed by atoms with Crippen molar-refractivity contribution < 1.29 is 13.2 Å². The lowest BCUT2D eigenvalue weighted by Crippen LogP contribution is -2.38. The van der Waals surface area contributed by atoms with Crippen LogP contribution in [0.2, 0.25) is 0 Å². The Labute approximate surface area is 105 Å². The molecular formula is C9H15N3O3S2. The second-order valence-corrected chi connectivity index (χ2v) is 6.25. The molecule has 1 rings (SSSR count). The molecule has 1 heterocycles. The van der Waals surface area contributed by atoms with Crippen LogP contribution >= 0.6 is 11.3 Å². The molecule has 0 saturated heterocycles. The van der Waals surface area contributed by atoms with Gasteiger partial charge in [-0.3, -0.25) is 4.79 Å². The van der Waals surface area contributed by atoms with Crippen LogP contribution in [-0.4, -0.2) is 32.1 Å². The summed E-state index contributed by atoms with van der Waals surface area (Å²) in [5, 5.41) is 5.38. The third-order valence-corrected chi connectivity index (χ3v) is 3.55. The van der Waals surface area contributed by atoms with Gasteiger partial charge in [0, 0.05) is 11.6 Å². The Hall–Kier alpha value is -0.990. The Balaban J connectivity index is 2.49. The maximum Gasteiger partial charge on any atom is 0.235 e. The van der Waals surface area contributed by atoms with Crippen LogP contribution in [0, 0.1) is 0 Å². The number of thiazole rings is 1. The minimum atomic E-state index is -3.34. The quantitative estimate of drug-likeness (QED) is 0.780. The number of amides is 1. The number of aromatic nitrogens is 1. The molecule has 0 aromatic carbocycles.